The smallest absolute Gasteiger partial charge is 0.384 e. The van der Waals surface area contributed by atoms with Crippen molar-refractivity contribution in [2.24, 2.45) is 0 Å². The number of rotatable bonds is 4. The summed E-state index contributed by atoms with van der Waals surface area (Å²) in [5.41, 5.74) is 6.02. The number of alkyl halides is 3. The largest absolute Gasteiger partial charge is 0.398 e. The molecule has 126 valence electrons. The van der Waals surface area contributed by atoms with Crippen molar-refractivity contribution in [2.45, 2.75) is 23.0 Å². The first kappa shape index (κ1) is 17.8. The summed E-state index contributed by atoms with van der Waals surface area (Å²) in [6.45, 7) is 1.52. The van der Waals surface area contributed by atoms with Crippen molar-refractivity contribution in [3.05, 3.63) is 29.6 Å². The van der Waals surface area contributed by atoms with E-state index >= 15 is 0 Å². The maximum atomic E-state index is 14.2. The van der Waals surface area contributed by atoms with Crippen molar-refractivity contribution >= 4 is 28.4 Å². The van der Waals surface area contributed by atoms with Crippen molar-refractivity contribution in [3.8, 4) is 5.69 Å². The van der Waals surface area contributed by atoms with Gasteiger partial charge in [0, 0.05) is 17.2 Å². The predicted octanol–water partition coefficient (Wildman–Crippen LogP) is 3.29. The lowest BCUT2D eigenvalue weighted by molar-refractivity contribution is -0.105. The first-order valence-corrected chi connectivity index (χ1v) is 8.82. The Bertz CT molecular complexity index is 758. The number of benzene rings is 1. The summed E-state index contributed by atoms with van der Waals surface area (Å²) in [5.74, 6) is -1.72. The van der Waals surface area contributed by atoms with E-state index in [0.29, 0.717) is 17.3 Å². The average Bonchev–Trinajstić information content (AvgIpc) is 2.79. The van der Waals surface area contributed by atoms with E-state index in [4.69, 9.17) is 5.73 Å². The van der Waals surface area contributed by atoms with Crippen LogP contribution in [0.5, 0.6) is 0 Å². The predicted molar refractivity (Wildman–Crippen MR) is 81.8 cm³/mol. The number of aromatic nitrogens is 2. The molecule has 1 unspecified atom stereocenters. The first-order valence-electron chi connectivity index (χ1n) is 6.27. The van der Waals surface area contributed by atoms with Gasteiger partial charge in [-0.25, -0.2) is 9.07 Å². The van der Waals surface area contributed by atoms with Crippen LogP contribution in [0.15, 0.2) is 28.1 Å². The fourth-order valence-corrected chi connectivity index (χ4v) is 3.11. The molecule has 0 radical (unpaired) electrons. The minimum Gasteiger partial charge on any atom is -0.384 e. The number of nitrogen functional groups attached to an aromatic ring is 1. The normalized spacial score (nSPS) is 13.3. The lowest BCUT2D eigenvalue weighted by atomic mass is 10.2. The van der Waals surface area contributed by atoms with Gasteiger partial charge >= 0.3 is 6.18 Å². The Morgan fingerprint density at radius 2 is 2.00 bits per heavy atom. The quantitative estimate of drug-likeness (QED) is 0.665. The molecule has 0 aliphatic carbocycles. The van der Waals surface area contributed by atoms with Crippen LogP contribution in [0.3, 0.4) is 0 Å². The Morgan fingerprint density at radius 3 is 2.52 bits per heavy atom. The summed E-state index contributed by atoms with van der Waals surface area (Å²) in [6.07, 6.45) is -2.94. The van der Waals surface area contributed by atoms with E-state index in [0.717, 1.165) is 10.7 Å². The monoisotopic (exact) mass is 367 g/mol. The van der Waals surface area contributed by atoms with Gasteiger partial charge in [0.05, 0.1) is 16.6 Å². The zero-order valence-corrected chi connectivity index (χ0v) is 13.8. The van der Waals surface area contributed by atoms with Crippen molar-refractivity contribution in [3.63, 3.8) is 0 Å². The molecule has 0 bridgehead atoms. The van der Waals surface area contributed by atoms with Gasteiger partial charge in [-0.15, -0.1) is 11.8 Å². The van der Waals surface area contributed by atoms with Crippen LogP contribution in [0.2, 0.25) is 0 Å². The summed E-state index contributed by atoms with van der Waals surface area (Å²) >= 11 is 0.557. The molecule has 1 aromatic carbocycles. The van der Waals surface area contributed by atoms with Gasteiger partial charge in [-0.05, 0) is 24.6 Å². The van der Waals surface area contributed by atoms with Gasteiger partial charge in [-0.1, -0.05) is 0 Å². The van der Waals surface area contributed by atoms with Crippen LogP contribution < -0.4 is 5.73 Å². The second-order valence-electron chi connectivity index (χ2n) is 4.75. The third kappa shape index (κ3) is 4.25. The van der Waals surface area contributed by atoms with Crippen LogP contribution in [-0.2, 0) is 10.8 Å². The highest BCUT2D eigenvalue weighted by molar-refractivity contribution is 7.99. The number of thioether (sulfide) groups is 1. The van der Waals surface area contributed by atoms with Crippen LogP contribution in [0.25, 0.3) is 5.69 Å². The molecule has 0 saturated heterocycles. The highest BCUT2D eigenvalue weighted by Crippen LogP contribution is 2.32. The number of anilines is 1. The second-order valence-corrected chi connectivity index (χ2v) is 7.09. The molecule has 1 atom stereocenters. The Kier molecular flexibility index (Phi) is 5.04. The van der Waals surface area contributed by atoms with Gasteiger partial charge in [0.1, 0.15) is 17.3 Å². The molecule has 0 amide bonds. The SMILES string of the molecule is Cc1cc(F)c(-n2nc(S(C)=O)cc2N)cc1SCC(F)(F)F. The zero-order valence-electron chi connectivity index (χ0n) is 12.1. The Hall–Kier alpha value is -1.55. The van der Waals surface area contributed by atoms with Gasteiger partial charge < -0.3 is 5.73 Å². The highest BCUT2D eigenvalue weighted by Gasteiger charge is 2.28. The molecule has 2 N–H and O–H groups in total. The molecule has 1 aromatic heterocycles. The third-order valence-corrected chi connectivity index (χ3v) is 4.88. The molecule has 0 aliphatic heterocycles. The summed E-state index contributed by atoms with van der Waals surface area (Å²) in [7, 11) is -1.41. The van der Waals surface area contributed by atoms with Crippen LogP contribution in [-0.4, -0.2) is 32.2 Å². The topological polar surface area (TPSA) is 60.9 Å². The molecule has 23 heavy (non-hydrogen) atoms. The molecule has 10 heteroatoms. The minimum atomic E-state index is -4.33. The summed E-state index contributed by atoms with van der Waals surface area (Å²) in [4.78, 5) is 0.271. The van der Waals surface area contributed by atoms with E-state index in [1.165, 1.54) is 25.3 Å². The molecule has 4 nitrogen and oxygen atoms in total. The summed E-state index contributed by atoms with van der Waals surface area (Å²) in [5, 5.41) is 4.10. The molecular weight excluding hydrogens is 354 g/mol. The maximum absolute atomic E-state index is 14.2. The van der Waals surface area contributed by atoms with E-state index in [-0.39, 0.29) is 21.4 Å². The summed E-state index contributed by atoms with van der Waals surface area (Å²) in [6, 6.07) is 3.71. The van der Waals surface area contributed by atoms with E-state index in [1.54, 1.807) is 0 Å². The van der Waals surface area contributed by atoms with Crippen molar-refractivity contribution in [1.29, 1.82) is 0 Å². The number of hydrogen-bond acceptors (Lipinski definition) is 4. The van der Waals surface area contributed by atoms with Crippen LogP contribution >= 0.6 is 11.8 Å². The highest BCUT2D eigenvalue weighted by atomic mass is 32.2. The number of hydrogen-bond donors (Lipinski definition) is 1. The van der Waals surface area contributed by atoms with Crippen molar-refractivity contribution in [2.75, 3.05) is 17.7 Å². The van der Waals surface area contributed by atoms with E-state index in [9.17, 15) is 21.8 Å². The Labute approximate surface area is 136 Å². The van der Waals surface area contributed by atoms with Crippen LogP contribution in [0.4, 0.5) is 23.4 Å². The molecule has 1 heterocycles. The van der Waals surface area contributed by atoms with Crippen LogP contribution in [0, 0.1) is 12.7 Å². The molecule has 0 aliphatic rings. The number of aryl methyl sites for hydroxylation is 1. The maximum Gasteiger partial charge on any atom is 0.398 e. The standard InChI is InChI=1S/C13H13F4N3OS2/c1-7-3-8(14)9(4-10(7)22-6-13(15,16)17)20-11(18)5-12(19-20)23(2)21/h3-5H,6,18H2,1-2H3. The van der Waals surface area contributed by atoms with Gasteiger partial charge in [0.2, 0.25) is 0 Å². The number of halogens is 4. The Morgan fingerprint density at radius 1 is 1.35 bits per heavy atom. The fourth-order valence-electron chi connectivity index (χ4n) is 1.83. The lowest BCUT2D eigenvalue weighted by Gasteiger charge is -2.12. The van der Waals surface area contributed by atoms with Crippen molar-refractivity contribution in [1.82, 2.24) is 9.78 Å². The zero-order chi connectivity index (χ0) is 17.4. The summed E-state index contributed by atoms with van der Waals surface area (Å²) < 4.78 is 63.7. The molecule has 0 fully saturated rings. The minimum absolute atomic E-state index is 0.0460. The first-order chi connectivity index (χ1) is 10.6. The molecule has 0 spiro atoms. The van der Waals surface area contributed by atoms with E-state index in [2.05, 4.69) is 5.10 Å². The molecule has 2 rings (SSSR count). The lowest BCUT2D eigenvalue weighted by Crippen LogP contribution is -2.11. The van der Waals surface area contributed by atoms with E-state index in [1.807, 2.05) is 0 Å². The van der Waals surface area contributed by atoms with Gasteiger partial charge in [-0.2, -0.15) is 18.3 Å². The van der Waals surface area contributed by atoms with Gasteiger partial charge in [0.25, 0.3) is 0 Å². The molecular formula is C13H13F4N3OS2. The average molecular weight is 367 g/mol. The number of nitrogens with two attached hydrogens (primary N) is 1. The molecule has 0 saturated carbocycles. The third-order valence-electron chi connectivity index (χ3n) is 2.87. The van der Waals surface area contributed by atoms with E-state index < -0.39 is 28.5 Å². The van der Waals surface area contributed by atoms with Gasteiger partial charge in [0.15, 0.2) is 5.03 Å². The fraction of sp³-hybridized carbons (Fsp3) is 0.308. The number of nitrogens with zero attached hydrogens (tertiary/aromatic N) is 2. The Balaban J connectivity index is 2.45. The van der Waals surface area contributed by atoms with Crippen molar-refractivity contribution < 1.29 is 21.8 Å². The second kappa shape index (κ2) is 6.52. The molecule has 2 aromatic rings. The van der Waals surface area contributed by atoms with Gasteiger partial charge in [-0.3, -0.25) is 4.21 Å². The van der Waals surface area contributed by atoms with Crippen LogP contribution in [0.1, 0.15) is 5.56 Å².